The Kier molecular flexibility index (Phi) is 4.64. The molecule has 3 rings (SSSR count). The number of imide groups is 1. The summed E-state index contributed by atoms with van der Waals surface area (Å²) in [6, 6.07) is 13.2. The number of carbonyl (C=O) groups excluding carboxylic acids is 2. The van der Waals surface area contributed by atoms with Gasteiger partial charge in [0.15, 0.2) is 0 Å². The number of rotatable bonds is 4. The predicted molar refractivity (Wildman–Crippen MR) is 101 cm³/mol. The fraction of sp³-hybridized carbons (Fsp3) is 0.200. The number of amides is 2. The molecule has 0 saturated carbocycles. The summed E-state index contributed by atoms with van der Waals surface area (Å²) in [7, 11) is 0. The second kappa shape index (κ2) is 6.73. The molecule has 0 unspecified atom stereocenters. The van der Waals surface area contributed by atoms with Crippen molar-refractivity contribution in [3.8, 4) is 0 Å². The lowest BCUT2D eigenvalue weighted by atomic mass is 10.1. The Hall–Kier alpha value is -2.59. The molecule has 2 aromatic carbocycles. The van der Waals surface area contributed by atoms with Crippen molar-refractivity contribution >= 4 is 34.8 Å². The number of aryl methyl sites for hydroxylation is 3. The molecular formula is C20H19ClN2O2. The zero-order valence-electron chi connectivity index (χ0n) is 14.4. The van der Waals surface area contributed by atoms with Gasteiger partial charge in [0.05, 0.1) is 5.69 Å². The SMILES string of the molecule is CCc1ccccc1NC1=C(Cl)C(=O)N(c2cc(C)cc(C)c2)C1=O. The number of nitrogens with one attached hydrogen (secondary N) is 1. The van der Waals surface area contributed by atoms with Crippen molar-refractivity contribution in [2.75, 3.05) is 10.2 Å². The van der Waals surface area contributed by atoms with E-state index in [1.165, 1.54) is 0 Å². The minimum Gasteiger partial charge on any atom is -0.349 e. The van der Waals surface area contributed by atoms with E-state index in [9.17, 15) is 9.59 Å². The number of benzene rings is 2. The van der Waals surface area contributed by atoms with Crippen molar-refractivity contribution in [1.82, 2.24) is 0 Å². The summed E-state index contributed by atoms with van der Waals surface area (Å²) in [6.45, 7) is 5.88. The minimum absolute atomic E-state index is 0.0879. The van der Waals surface area contributed by atoms with Gasteiger partial charge in [0.25, 0.3) is 11.8 Å². The normalized spacial score (nSPS) is 14.5. The summed E-state index contributed by atoms with van der Waals surface area (Å²) in [5.41, 5.74) is 4.43. The fourth-order valence-electron chi connectivity index (χ4n) is 3.01. The van der Waals surface area contributed by atoms with E-state index in [4.69, 9.17) is 11.6 Å². The van der Waals surface area contributed by atoms with Gasteiger partial charge in [0.2, 0.25) is 0 Å². The summed E-state index contributed by atoms with van der Waals surface area (Å²) in [5, 5.41) is 2.97. The van der Waals surface area contributed by atoms with Crippen LogP contribution in [0.5, 0.6) is 0 Å². The minimum atomic E-state index is -0.506. The summed E-state index contributed by atoms with van der Waals surface area (Å²) in [4.78, 5) is 26.5. The summed E-state index contributed by atoms with van der Waals surface area (Å²) in [6.07, 6.45) is 0.803. The third-order valence-corrected chi connectivity index (χ3v) is 4.50. The molecule has 1 N–H and O–H groups in total. The van der Waals surface area contributed by atoms with Crippen molar-refractivity contribution in [2.24, 2.45) is 0 Å². The molecule has 1 aliphatic heterocycles. The van der Waals surface area contributed by atoms with Gasteiger partial charge in [-0.1, -0.05) is 42.8 Å². The molecule has 0 aromatic heterocycles. The third-order valence-electron chi connectivity index (χ3n) is 4.15. The lowest BCUT2D eigenvalue weighted by Gasteiger charge is -2.17. The van der Waals surface area contributed by atoms with Crippen molar-refractivity contribution in [3.05, 3.63) is 69.9 Å². The molecule has 0 bridgehead atoms. The highest BCUT2D eigenvalue weighted by molar-refractivity contribution is 6.53. The van der Waals surface area contributed by atoms with Crippen molar-refractivity contribution < 1.29 is 9.59 Å². The monoisotopic (exact) mass is 354 g/mol. The van der Waals surface area contributed by atoms with Crippen LogP contribution in [0.25, 0.3) is 0 Å². The lowest BCUT2D eigenvalue weighted by Crippen LogP contribution is -2.32. The number of nitrogens with zero attached hydrogens (tertiary/aromatic N) is 1. The van der Waals surface area contributed by atoms with E-state index in [1.807, 2.05) is 51.1 Å². The molecule has 1 aliphatic rings. The van der Waals surface area contributed by atoms with Crippen LogP contribution in [0.15, 0.2) is 53.2 Å². The molecule has 0 saturated heterocycles. The van der Waals surface area contributed by atoms with Crippen LogP contribution in [-0.4, -0.2) is 11.8 Å². The van der Waals surface area contributed by atoms with Crippen molar-refractivity contribution in [1.29, 1.82) is 0 Å². The van der Waals surface area contributed by atoms with E-state index < -0.39 is 11.8 Å². The van der Waals surface area contributed by atoms with Crippen molar-refractivity contribution in [2.45, 2.75) is 27.2 Å². The molecule has 128 valence electrons. The highest BCUT2D eigenvalue weighted by Gasteiger charge is 2.39. The Labute approximate surface area is 152 Å². The van der Waals surface area contributed by atoms with Crippen LogP contribution < -0.4 is 10.2 Å². The van der Waals surface area contributed by atoms with Gasteiger partial charge in [-0.15, -0.1) is 0 Å². The molecule has 5 heteroatoms. The van der Waals surface area contributed by atoms with Crippen LogP contribution in [0.1, 0.15) is 23.6 Å². The first-order valence-corrected chi connectivity index (χ1v) is 8.52. The maximum absolute atomic E-state index is 12.9. The average molecular weight is 355 g/mol. The smallest absolute Gasteiger partial charge is 0.283 e. The van der Waals surface area contributed by atoms with Crippen LogP contribution in [0, 0.1) is 13.8 Å². The van der Waals surface area contributed by atoms with Gasteiger partial charge in [-0.25, -0.2) is 4.90 Å². The third kappa shape index (κ3) is 3.17. The molecular weight excluding hydrogens is 336 g/mol. The number of halogens is 1. The van der Waals surface area contributed by atoms with E-state index in [-0.39, 0.29) is 10.7 Å². The first kappa shape index (κ1) is 17.2. The molecule has 1 heterocycles. The maximum Gasteiger partial charge on any atom is 0.283 e. The van der Waals surface area contributed by atoms with E-state index >= 15 is 0 Å². The van der Waals surface area contributed by atoms with Crippen molar-refractivity contribution in [3.63, 3.8) is 0 Å². The van der Waals surface area contributed by atoms with E-state index in [2.05, 4.69) is 5.32 Å². The van der Waals surface area contributed by atoms with Crippen LogP contribution in [-0.2, 0) is 16.0 Å². The second-order valence-electron chi connectivity index (χ2n) is 6.12. The first-order valence-electron chi connectivity index (χ1n) is 8.14. The Balaban J connectivity index is 1.97. The number of para-hydroxylation sites is 1. The summed E-state index contributed by atoms with van der Waals surface area (Å²) >= 11 is 6.20. The van der Waals surface area contributed by atoms with Crippen LogP contribution in [0.3, 0.4) is 0 Å². The highest BCUT2D eigenvalue weighted by atomic mass is 35.5. The van der Waals surface area contributed by atoms with E-state index in [0.717, 1.165) is 33.7 Å². The Bertz CT molecular complexity index is 882. The zero-order chi connectivity index (χ0) is 18.1. The topological polar surface area (TPSA) is 49.4 Å². The number of anilines is 2. The van der Waals surface area contributed by atoms with Gasteiger partial charge < -0.3 is 5.32 Å². The number of hydrogen-bond acceptors (Lipinski definition) is 3. The summed E-state index contributed by atoms with van der Waals surface area (Å²) < 4.78 is 0. The van der Waals surface area contributed by atoms with Gasteiger partial charge in [-0.05, 0) is 55.2 Å². The van der Waals surface area contributed by atoms with E-state index in [1.54, 1.807) is 12.1 Å². The standard InChI is InChI=1S/C20H19ClN2O2/c1-4-14-7-5-6-8-16(14)22-18-17(21)19(24)23(20(18)25)15-10-12(2)9-13(3)11-15/h5-11,22H,4H2,1-3H3. The second-order valence-corrected chi connectivity index (χ2v) is 6.49. The summed E-state index contributed by atoms with van der Waals surface area (Å²) in [5.74, 6) is -0.945. The number of carbonyl (C=O) groups is 2. The molecule has 2 aromatic rings. The molecule has 0 aliphatic carbocycles. The zero-order valence-corrected chi connectivity index (χ0v) is 15.1. The molecule has 4 nitrogen and oxygen atoms in total. The van der Waals surface area contributed by atoms with E-state index in [0.29, 0.717) is 5.69 Å². The van der Waals surface area contributed by atoms with Gasteiger partial charge in [0.1, 0.15) is 10.7 Å². The maximum atomic E-state index is 12.9. The number of hydrogen-bond donors (Lipinski definition) is 1. The lowest BCUT2D eigenvalue weighted by molar-refractivity contribution is -0.120. The molecule has 0 atom stereocenters. The average Bonchev–Trinajstić information content (AvgIpc) is 2.78. The Morgan fingerprint density at radius 2 is 1.64 bits per heavy atom. The van der Waals surface area contributed by atoms with Gasteiger partial charge in [-0.3, -0.25) is 9.59 Å². The van der Waals surface area contributed by atoms with Gasteiger partial charge in [0, 0.05) is 5.69 Å². The van der Waals surface area contributed by atoms with Crippen LogP contribution >= 0.6 is 11.6 Å². The Morgan fingerprint density at radius 1 is 1.00 bits per heavy atom. The fourth-order valence-corrected chi connectivity index (χ4v) is 3.22. The highest BCUT2D eigenvalue weighted by Crippen LogP contribution is 2.31. The van der Waals surface area contributed by atoms with Crippen LogP contribution in [0.2, 0.25) is 0 Å². The molecule has 2 amide bonds. The molecule has 25 heavy (non-hydrogen) atoms. The van der Waals surface area contributed by atoms with Gasteiger partial charge >= 0.3 is 0 Å². The largest absolute Gasteiger partial charge is 0.349 e. The van der Waals surface area contributed by atoms with Gasteiger partial charge in [-0.2, -0.15) is 0 Å². The molecule has 0 fully saturated rings. The first-order chi connectivity index (χ1) is 11.9. The molecule has 0 radical (unpaired) electrons. The molecule has 0 spiro atoms. The van der Waals surface area contributed by atoms with Crippen LogP contribution in [0.4, 0.5) is 11.4 Å². The Morgan fingerprint density at radius 3 is 2.28 bits per heavy atom. The quantitative estimate of drug-likeness (QED) is 0.833. The predicted octanol–water partition coefficient (Wildman–Crippen LogP) is 4.30.